The Morgan fingerprint density at radius 1 is 1.32 bits per heavy atom. The van der Waals surface area contributed by atoms with Gasteiger partial charge in [0.15, 0.2) is 5.82 Å². The number of esters is 1. The summed E-state index contributed by atoms with van der Waals surface area (Å²) in [7, 11) is 1.42. The molecule has 9 heteroatoms. The number of rotatable bonds is 3. The smallest absolute Gasteiger partial charge is 0.313 e. The van der Waals surface area contributed by atoms with Gasteiger partial charge in [-0.25, -0.2) is 19.3 Å². The SMILES string of the molecule is COC(=O)[C@]1(C)CCCC[C@H]1n1cc(Cl)c2cnc(-c3c[nH]c4ncc(F)cc34)nc21. The summed E-state index contributed by atoms with van der Waals surface area (Å²) in [6.45, 7) is 1.94. The van der Waals surface area contributed by atoms with E-state index >= 15 is 0 Å². The Morgan fingerprint density at radius 3 is 2.97 bits per heavy atom. The fraction of sp³-hybridized carbons (Fsp3) is 0.364. The topological polar surface area (TPSA) is 85.7 Å². The van der Waals surface area contributed by atoms with Gasteiger partial charge in [0.05, 0.1) is 35.2 Å². The molecular weight excluding hydrogens is 421 g/mol. The number of nitrogens with zero attached hydrogens (tertiary/aromatic N) is 4. The minimum absolute atomic E-state index is 0.145. The second-order valence-electron chi connectivity index (χ2n) is 8.24. The lowest BCUT2D eigenvalue weighted by Gasteiger charge is -2.39. The molecule has 1 N–H and O–H groups in total. The molecule has 4 aromatic rings. The largest absolute Gasteiger partial charge is 0.469 e. The third-order valence-corrected chi connectivity index (χ3v) is 6.71. The van der Waals surface area contributed by atoms with E-state index in [1.54, 1.807) is 12.4 Å². The summed E-state index contributed by atoms with van der Waals surface area (Å²) in [4.78, 5) is 29.1. The zero-order valence-electron chi connectivity index (χ0n) is 17.2. The Morgan fingerprint density at radius 2 is 2.16 bits per heavy atom. The van der Waals surface area contributed by atoms with Crippen LogP contribution in [-0.2, 0) is 9.53 Å². The van der Waals surface area contributed by atoms with Gasteiger partial charge in [-0.05, 0) is 25.8 Å². The number of ether oxygens (including phenoxy) is 1. The summed E-state index contributed by atoms with van der Waals surface area (Å²) in [5.41, 5.74) is 1.16. The molecule has 5 rings (SSSR count). The molecule has 0 radical (unpaired) electrons. The fourth-order valence-corrected chi connectivity index (χ4v) is 4.99. The van der Waals surface area contributed by atoms with Gasteiger partial charge in [-0.15, -0.1) is 0 Å². The first-order valence-electron chi connectivity index (χ1n) is 10.2. The van der Waals surface area contributed by atoms with Gasteiger partial charge < -0.3 is 14.3 Å². The standard InChI is InChI=1S/C22H21ClFN5O2/c1-22(21(30)31-2)6-4-3-5-17(22)29-11-16(23)15-10-27-19(28-20(15)29)14-9-26-18-13(14)7-12(24)8-25-18/h7-11,17H,3-6H2,1-2H3,(H,25,26)/t17-,22-/m1/s1. The second kappa shape index (κ2) is 7.30. The number of aromatic nitrogens is 5. The molecule has 160 valence electrons. The number of hydrogen-bond acceptors (Lipinski definition) is 5. The predicted octanol–water partition coefficient (Wildman–Crippen LogP) is 5.06. The highest BCUT2D eigenvalue weighted by atomic mass is 35.5. The number of fused-ring (bicyclic) bond motifs is 2. The average Bonchev–Trinajstić information content (AvgIpc) is 3.33. The highest BCUT2D eigenvalue weighted by molar-refractivity contribution is 6.35. The molecule has 1 fully saturated rings. The maximum atomic E-state index is 13.8. The Labute approximate surface area is 182 Å². The Hall–Kier alpha value is -3.00. The maximum absolute atomic E-state index is 13.8. The van der Waals surface area contributed by atoms with Crippen LogP contribution in [-0.4, -0.2) is 37.6 Å². The molecule has 7 nitrogen and oxygen atoms in total. The van der Waals surface area contributed by atoms with E-state index < -0.39 is 11.2 Å². The Kier molecular flexibility index (Phi) is 4.69. The molecule has 31 heavy (non-hydrogen) atoms. The monoisotopic (exact) mass is 441 g/mol. The van der Waals surface area contributed by atoms with Crippen LogP contribution >= 0.6 is 11.6 Å². The van der Waals surface area contributed by atoms with Crippen LogP contribution in [0, 0.1) is 11.2 Å². The van der Waals surface area contributed by atoms with Crippen molar-refractivity contribution in [2.24, 2.45) is 5.41 Å². The molecule has 0 spiro atoms. The summed E-state index contributed by atoms with van der Waals surface area (Å²) >= 11 is 6.51. The number of hydrogen-bond donors (Lipinski definition) is 1. The van der Waals surface area contributed by atoms with E-state index in [0.29, 0.717) is 38.5 Å². The van der Waals surface area contributed by atoms with Crippen molar-refractivity contribution in [1.29, 1.82) is 0 Å². The van der Waals surface area contributed by atoms with E-state index in [1.807, 2.05) is 17.7 Å². The van der Waals surface area contributed by atoms with Crippen LogP contribution in [0.3, 0.4) is 0 Å². The van der Waals surface area contributed by atoms with Crippen LogP contribution in [0.15, 0.2) is 30.9 Å². The molecule has 0 amide bonds. The Bertz CT molecular complexity index is 1320. The van der Waals surface area contributed by atoms with Gasteiger partial charge in [0.25, 0.3) is 0 Å². The van der Waals surface area contributed by atoms with Crippen LogP contribution in [0.25, 0.3) is 33.5 Å². The number of carbonyl (C=O) groups is 1. The molecule has 1 aliphatic rings. The van der Waals surface area contributed by atoms with Crippen molar-refractivity contribution in [3.63, 3.8) is 0 Å². The van der Waals surface area contributed by atoms with Gasteiger partial charge in [-0.2, -0.15) is 0 Å². The minimum Gasteiger partial charge on any atom is -0.469 e. The Balaban J connectivity index is 1.68. The third kappa shape index (κ3) is 3.08. The lowest BCUT2D eigenvalue weighted by atomic mass is 9.71. The number of halogens is 2. The maximum Gasteiger partial charge on any atom is 0.313 e. The van der Waals surface area contributed by atoms with Crippen LogP contribution in [0.2, 0.25) is 5.02 Å². The third-order valence-electron chi connectivity index (χ3n) is 6.41. The molecule has 0 aromatic carbocycles. The molecule has 1 aliphatic carbocycles. The number of carbonyl (C=O) groups excluding carboxylic acids is 1. The summed E-state index contributed by atoms with van der Waals surface area (Å²) in [5.74, 6) is -0.239. The van der Waals surface area contributed by atoms with E-state index in [2.05, 4.69) is 15.0 Å². The lowest BCUT2D eigenvalue weighted by molar-refractivity contribution is -0.156. The van der Waals surface area contributed by atoms with Gasteiger partial charge in [0.1, 0.15) is 17.1 Å². The molecule has 0 aliphatic heterocycles. The first kappa shape index (κ1) is 19.9. The van der Waals surface area contributed by atoms with Crippen molar-refractivity contribution in [2.75, 3.05) is 7.11 Å². The highest BCUT2D eigenvalue weighted by Gasteiger charge is 2.45. The molecule has 4 aromatic heterocycles. The molecule has 0 bridgehead atoms. The zero-order chi connectivity index (χ0) is 21.8. The van der Waals surface area contributed by atoms with Gasteiger partial charge >= 0.3 is 5.97 Å². The van der Waals surface area contributed by atoms with Crippen molar-refractivity contribution in [2.45, 2.75) is 38.6 Å². The van der Waals surface area contributed by atoms with E-state index in [9.17, 15) is 9.18 Å². The van der Waals surface area contributed by atoms with Crippen LogP contribution in [0.1, 0.15) is 38.6 Å². The summed E-state index contributed by atoms with van der Waals surface area (Å²) in [5, 5.41) is 1.82. The number of nitrogens with one attached hydrogen (secondary N) is 1. The second-order valence-corrected chi connectivity index (χ2v) is 8.65. The van der Waals surface area contributed by atoms with Gasteiger partial charge in [-0.1, -0.05) is 24.4 Å². The quantitative estimate of drug-likeness (QED) is 0.449. The van der Waals surface area contributed by atoms with Crippen molar-refractivity contribution in [3.8, 4) is 11.4 Å². The summed E-state index contributed by atoms with van der Waals surface area (Å²) < 4.78 is 20.9. The minimum atomic E-state index is -0.679. The summed E-state index contributed by atoms with van der Waals surface area (Å²) in [6, 6.07) is 1.26. The number of aromatic amines is 1. The van der Waals surface area contributed by atoms with E-state index in [1.165, 1.54) is 13.2 Å². The van der Waals surface area contributed by atoms with E-state index in [0.717, 1.165) is 31.9 Å². The van der Waals surface area contributed by atoms with E-state index in [-0.39, 0.29) is 12.0 Å². The van der Waals surface area contributed by atoms with Crippen LogP contribution in [0.5, 0.6) is 0 Å². The summed E-state index contributed by atoms with van der Waals surface area (Å²) in [6.07, 6.45) is 9.86. The molecule has 0 saturated heterocycles. The predicted molar refractivity (Wildman–Crippen MR) is 115 cm³/mol. The van der Waals surface area contributed by atoms with Crippen LogP contribution in [0.4, 0.5) is 4.39 Å². The van der Waals surface area contributed by atoms with Gasteiger partial charge in [-0.3, -0.25) is 4.79 Å². The van der Waals surface area contributed by atoms with Crippen molar-refractivity contribution < 1.29 is 13.9 Å². The number of H-pyrrole nitrogens is 1. The fourth-order valence-electron chi connectivity index (χ4n) is 4.75. The molecule has 0 unspecified atom stereocenters. The van der Waals surface area contributed by atoms with Crippen molar-refractivity contribution in [1.82, 2.24) is 24.5 Å². The molecule has 2 atom stereocenters. The number of pyridine rings is 1. The molecule has 1 saturated carbocycles. The first-order valence-corrected chi connectivity index (χ1v) is 10.5. The molecular formula is C22H21ClFN5O2. The van der Waals surface area contributed by atoms with E-state index in [4.69, 9.17) is 21.3 Å². The van der Waals surface area contributed by atoms with Gasteiger partial charge in [0, 0.05) is 29.5 Å². The highest BCUT2D eigenvalue weighted by Crippen LogP contribution is 2.47. The average molecular weight is 442 g/mol. The normalized spacial score (nSPS) is 21.6. The first-order chi connectivity index (χ1) is 14.9. The van der Waals surface area contributed by atoms with Crippen LogP contribution < -0.4 is 0 Å². The number of methoxy groups -OCH3 is 1. The zero-order valence-corrected chi connectivity index (χ0v) is 17.9. The van der Waals surface area contributed by atoms with Gasteiger partial charge in [0.2, 0.25) is 0 Å². The molecule has 4 heterocycles. The van der Waals surface area contributed by atoms with Crippen molar-refractivity contribution in [3.05, 3.63) is 41.7 Å². The van der Waals surface area contributed by atoms with Crippen molar-refractivity contribution >= 4 is 39.6 Å². The lowest BCUT2D eigenvalue weighted by Crippen LogP contribution is -2.40.